The van der Waals surface area contributed by atoms with Crippen LogP contribution in [0.4, 0.5) is 0 Å². The molecule has 5 nitrogen and oxygen atoms in total. The third kappa shape index (κ3) is 2.68. The third-order valence-electron chi connectivity index (χ3n) is 2.96. The van der Waals surface area contributed by atoms with Gasteiger partial charge in [-0.2, -0.15) is 0 Å². The maximum absolute atomic E-state index is 12.1. The molecule has 0 aliphatic carbocycles. The van der Waals surface area contributed by atoms with Crippen LogP contribution in [0.3, 0.4) is 0 Å². The van der Waals surface area contributed by atoms with E-state index in [1.165, 1.54) is 0 Å². The quantitative estimate of drug-likeness (QED) is 0.645. The molecular formula is C10H22N4O. The molecule has 2 atom stereocenters. The topological polar surface area (TPSA) is 38.8 Å². The predicted octanol–water partition coefficient (Wildman–Crippen LogP) is -1.13. The summed E-state index contributed by atoms with van der Waals surface area (Å²) in [6.45, 7) is 1.65. The van der Waals surface area contributed by atoms with Crippen LogP contribution in [0.2, 0.25) is 0 Å². The van der Waals surface area contributed by atoms with Crippen molar-refractivity contribution in [3.05, 3.63) is 0 Å². The van der Waals surface area contributed by atoms with Crippen molar-refractivity contribution in [3.63, 3.8) is 0 Å². The van der Waals surface area contributed by atoms with Gasteiger partial charge in [-0.3, -0.25) is 15.0 Å². The number of hydrogen-bond acceptors (Lipinski definition) is 4. The summed E-state index contributed by atoms with van der Waals surface area (Å²) in [7, 11) is 9.73. The first-order valence-corrected chi connectivity index (χ1v) is 5.26. The molecule has 1 heterocycles. The van der Waals surface area contributed by atoms with E-state index in [0.717, 1.165) is 13.1 Å². The van der Waals surface area contributed by atoms with Crippen molar-refractivity contribution < 1.29 is 4.79 Å². The van der Waals surface area contributed by atoms with E-state index >= 15 is 0 Å². The zero-order chi connectivity index (χ0) is 11.6. The Bertz CT molecular complexity index is 231. The Morgan fingerprint density at radius 3 is 2.53 bits per heavy atom. The standard InChI is InChI=1S/C10H22N4O/c1-11-9-7-13(4)8(6-12(2)3)10(15)14(9)5/h8-9,11H,6-7H2,1-5H3. The van der Waals surface area contributed by atoms with E-state index < -0.39 is 0 Å². The van der Waals surface area contributed by atoms with Crippen molar-refractivity contribution in [2.75, 3.05) is 48.3 Å². The molecular weight excluding hydrogens is 192 g/mol. The van der Waals surface area contributed by atoms with Crippen molar-refractivity contribution in [2.45, 2.75) is 12.2 Å². The Hall–Kier alpha value is -0.650. The van der Waals surface area contributed by atoms with Gasteiger partial charge in [0.1, 0.15) is 6.04 Å². The Morgan fingerprint density at radius 2 is 2.07 bits per heavy atom. The number of rotatable bonds is 3. The minimum atomic E-state index is -0.0189. The lowest BCUT2D eigenvalue weighted by Crippen LogP contribution is -2.64. The zero-order valence-corrected chi connectivity index (χ0v) is 10.3. The van der Waals surface area contributed by atoms with Gasteiger partial charge in [0.25, 0.3) is 0 Å². The van der Waals surface area contributed by atoms with Crippen molar-refractivity contribution in [1.82, 2.24) is 20.0 Å². The molecule has 0 aromatic heterocycles. The maximum Gasteiger partial charge on any atom is 0.242 e. The number of hydrogen-bond donors (Lipinski definition) is 1. The summed E-state index contributed by atoms with van der Waals surface area (Å²) in [6.07, 6.45) is 0.126. The van der Waals surface area contributed by atoms with Crippen LogP contribution in [-0.4, -0.2) is 81.1 Å². The van der Waals surface area contributed by atoms with E-state index in [0.29, 0.717) is 0 Å². The highest BCUT2D eigenvalue weighted by Crippen LogP contribution is 2.12. The summed E-state index contributed by atoms with van der Waals surface area (Å²) in [5, 5.41) is 3.14. The average molecular weight is 214 g/mol. The molecule has 0 aromatic carbocycles. The molecule has 15 heavy (non-hydrogen) atoms. The summed E-state index contributed by atoms with van der Waals surface area (Å²) in [5.41, 5.74) is 0. The second-order valence-electron chi connectivity index (χ2n) is 4.47. The van der Waals surface area contributed by atoms with Gasteiger partial charge in [0.05, 0.1) is 6.17 Å². The first kappa shape index (κ1) is 12.4. The summed E-state index contributed by atoms with van der Waals surface area (Å²) < 4.78 is 0. The van der Waals surface area contributed by atoms with Gasteiger partial charge in [0.2, 0.25) is 5.91 Å². The molecule has 0 aromatic rings. The van der Waals surface area contributed by atoms with Crippen molar-refractivity contribution in [3.8, 4) is 0 Å². The van der Waals surface area contributed by atoms with Crippen LogP contribution < -0.4 is 5.32 Å². The van der Waals surface area contributed by atoms with Crippen LogP contribution >= 0.6 is 0 Å². The van der Waals surface area contributed by atoms with Crippen LogP contribution in [0.5, 0.6) is 0 Å². The van der Waals surface area contributed by atoms with Gasteiger partial charge < -0.3 is 9.80 Å². The van der Waals surface area contributed by atoms with Gasteiger partial charge in [0, 0.05) is 20.1 Å². The van der Waals surface area contributed by atoms with E-state index in [-0.39, 0.29) is 18.1 Å². The van der Waals surface area contributed by atoms with Gasteiger partial charge >= 0.3 is 0 Å². The number of piperazine rings is 1. The molecule has 88 valence electrons. The Labute approximate surface area is 92.0 Å². The fourth-order valence-corrected chi connectivity index (χ4v) is 1.95. The molecule has 2 unspecified atom stereocenters. The monoisotopic (exact) mass is 214 g/mol. The van der Waals surface area contributed by atoms with Crippen molar-refractivity contribution >= 4 is 5.91 Å². The van der Waals surface area contributed by atoms with Gasteiger partial charge in [-0.15, -0.1) is 0 Å². The van der Waals surface area contributed by atoms with Gasteiger partial charge in [0.15, 0.2) is 0 Å². The number of carbonyl (C=O) groups is 1. The van der Waals surface area contributed by atoms with Crippen LogP contribution in [-0.2, 0) is 4.79 Å². The minimum absolute atomic E-state index is 0.0189. The van der Waals surface area contributed by atoms with Crippen molar-refractivity contribution in [1.29, 1.82) is 0 Å². The van der Waals surface area contributed by atoms with E-state index in [9.17, 15) is 4.79 Å². The first-order chi connectivity index (χ1) is 6.97. The number of amides is 1. The molecule has 1 aliphatic heterocycles. The van der Waals surface area contributed by atoms with E-state index in [2.05, 4.69) is 10.2 Å². The lowest BCUT2D eigenvalue weighted by Gasteiger charge is -2.43. The molecule has 1 aliphatic rings. The minimum Gasteiger partial charge on any atom is -0.328 e. The van der Waals surface area contributed by atoms with Gasteiger partial charge in [-0.25, -0.2) is 0 Å². The fraction of sp³-hybridized carbons (Fsp3) is 0.900. The van der Waals surface area contributed by atoms with Crippen LogP contribution in [0.15, 0.2) is 0 Å². The molecule has 1 rings (SSSR count). The molecule has 1 fully saturated rings. The SMILES string of the molecule is CNC1CN(C)C(CN(C)C)C(=O)N1C. The second-order valence-corrected chi connectivity index (χ2v) is 4.47. The first-order valence-electron chi connectivity index (χ1n) is 5.26. The number of nitrogens with one attached hydrogen (secondary N) is 1. The number of likely N-dealkylation sites (N-methyl/N-ethyl adjacent to an activating group) is 4. The summed E-state index contributed by atoms with van der Waals surface area (Å²) in [4.78, 5) is 18.0. The molecule has 1 saturated heterocycles. The lowest BCUT2D eigenvalue weighted by molar-refractivity contribution is -0.144. The van der Waals surface area contributed by atoms with Gasteiger partial charge in [-0.05, 0) is 28.2 Å². The highest BCUT2D eigenvalue weighted by molar-refractivity contribution is 5.83. The number of nitrogens with zero attached hydrogens (tertiary/aromatic N) is 3. The van der Waals surface area contributed by atoms with Crippen molar-refractivity contribution in [2.24, 2.45) is 0 Å². The van der Waals surface area contributed by atoms with Crippen LogP contribution in [0.25, 0.3) is 0 Å². The third-order valence-corrected chi connectivity index (χ3v) is 2.96. The number of carbonyl (C=O) groups excluding carboxylic acids is 1. The largest absolute Gasteiger partial charge is 0.328 e. The Morgan fingerprint density at radius 1 is 1.47 bits per heavy atom. The molecule has 0 spiro atoms. The highest BCUT2D eigenvalue weighted by atomic mass is 16.2. The average Bonchev–Trinajstić information content (AvgIpc) is 2.18. The van der Waals surface area contributed by atoms with Gasteiger partial charge in [-0.1, -0.05) is 0 Å². The maximum atomic E-state index is 12.1. The van der Waals surface area contributed by atoms with E-state index in [4.69, 9.17) is 0 Å². The normalized spacial score (nSPS) is 28.9. The van der Waals surface area contributed by atoms with E-state index in [1.807, 2.05) is 40.1 Å². The molecule has 1 amide bonds. The molecule has 1 N–H and O–H groups in total. The summed E-state index contributed by atoms with van der Waals surface area (Å²) >= 11 is 0. The molecule has 5 heteroatoms. The summed E-state index contributed by atoms with van der Waals surface area (Å²) in [5.74, 6) is 0.191. The Kier molecular flexibility index (Phi) is 4.07. The molecule has 0 bridgehead atoms. The predicted molar refractivity (Wildman–Crippen MR) is 60.6 cm³/mol. The highest BCUT2D eigenvalue weighted by Gasteiger charge is 2.35. The van der Waals surface area contributed by atoms with Crippen LogP contribution in [0.1, 0.15) is 0 Å². The van der Waals surface area contributed by atoms with Crippen LogP contribution in [0, 0.1) is 0 Å². The smallest absolute Gasteiger partial charge is 0.242 e. The van der Waals surface area contributed by atoms with E-state index in [1.54, 1.807) is 4.90 Å². The fourth-order valence-electron chi connectivity index (χ4n) is 1.95. The summed E-state index contributed by atoms with van der Waals surface area (Å²) in [6, 6.07) is -0.0189. The molecule has 0 radical (unpaired) electrons. The zero-order valence-electron chi connectivity index (χ0n) is 10.3. The molecule has 0 saturated carbocycles. The second kappa shape index (κ2) is 4.92. The lowest BCUT2D eigenvalue weighted by atomic mass is 10.1. The Balaban J connectivity index is 2.70.